The van der Waals surface area contributed by atoms with Crippen LogP contribution in [0.25, 0.3) is 11.3 Å². The summed E-state index contributed by atoms with van der Waals surface area (Å²) in [5, 5.41) is 20.8. The van der Waals surface area contributed by atoms with Crippen LogP contribution in [0, 0.1) is 0 Å². The van der Waals surface area contributed by atoms with Crippen LogP contribution < -0.4 is 10.6 Å². The average Bonchev–Trinajstić information content (AvgIpc) is 3.37. The van der Waals surface area contributed by atoms with Gasteiger partial charge in [-0.05, 0) is 35.0 Å². The second kappa shape index (κ2) is 8.11. The molecule has 3 N–H and O–H groups in total. The highest BCUT2D eigenvalue weighted by Crippen LogP contribution is 2.26. The van der Waals surface area contributed by atoms with Gasteiger partial charge < -0.3 is 20.2 Å². The molecule has 0 spiro atoms. The van der Waals surface area contributed by atoms with E-state index in [-0.39, 0.29) is 6.54 Å². The minimum Gasteiger partial charge on any atom is -0.458 e. The lowest BCUT2D eigenvalue weighted by atomic mass is 10.2. The fraction of sp³-hybridized carbons (Fsp3) is 0.176. The van der Waals surface area contributed by atoms with Crippen LogP contribution in [0.2, 0.25) is 0 Å². The molecule has 0 fully saturated rings. The van der Waals surface area contributed by atoms with Gasteiger partial charge in [-0.25, -0.2) is 0 Å². The summed E-state index contributed by atoms with van der Waals surface area (Å²) < 4.78 is 5.59. The van der Waals surface area contributed by atoms with Crippen molar-refractivity contribution in [1.29, 1.82) is 0 Å². The Labute approximate surface area is 152 Å². The number of furan rings is 1. The van der Waals surface area contributed by atoms with E-state index in [9.17, 15) is 14.7 Å². The monoisotopic (exact) mass is 376 g/mol. The third-order valence-electron chi connectivity index (χ3n) is 3.43. The molecule has 1 atom stereocenters. The Morgan fingerprint density at radius 3 is 2.68 bits per heavy atom. The van der Waals surface area contributed by atoms with Gasteiger partial charge in [-0.1, -0.05) is 6.07 Å². The Morgan fingerprint density at radius 2 is 1.96 bits per heavy atom. The van der Waals surface area contributed by atoms with Gasteiger partial charge in [0, 0.05) is 15.8 Å². The van der Waals surface area contributed by atoms with Crippen molar-refractivity contribution in [2.75, 3.05) is 6.54 Å². The fourth-order valence-electron chi connectivity index (χ4n) is 2.12. The Kier molecular flexibility index (Phi) is 5.64. The van der Waals surface area contributed by atoms with Gasteiger partial charge in [0.2, 0.25) is 0 Å². The summed E-state index contributed by atoms with van der Waals surface area (Å²) in [5.74, 6) is -0.546. The van der Waals surface area contributed by atoms with Gasteiger partial charge in [-0.15, -0.1) is 11.3 Å². The summed E-state index contributed by atoms with van der Waals surface area (Å²) in [5.41, 5.74) is 0.931. The normalized spacial score (nSPS) is 11.9. The predicted molar refractivity (Wildman–Crippen MR) is 96.2 cm³/mol. The van der Waals surface area contributed by atoms with Crippen LogP contribution in [0.15, 0.2) is 50.9 Å². The molecule has 2 amide bonds. The standard InChI is InChI=1S/C17H16N2O4S2/c20-13(15-4-3-14(23-15)11-5-7-24-10-11)9-19-17(22)16(21)18-8-12-2-1-6-25-12/h1-7,10,13,20H,8-9H2,(H,18,21)(H,19,22). The number of hydrogen-bond donors (Lipinski definition) is 3. The Balaban J connectivity index is 1.47. The number of aliphatic hydroxyl groups is 1. The van der Waals surface area contributed by atoms with E-state index >= 15 is 0 Å². The number of amides is 2. The van der Waals surface area contributed by atoms with Crippen molar-refractivity contribution < 1.29 is 19.1 Å². The Morgan fingerprint density at radius 1 is 1.12 bits per heavy atom. The van der Waals surface area contributed by atoms with Crippen molar-refractivity contribution in [3.63, 3.8) is 0 Å². The quantitative estimate of drug-likeness (QED) is 0.577. The second-order valence-corrected chi connectivity index (χ2v) is 7.01. The van der Waals surface area contributed by atoms with E-state index in [0.717, 1.165) is 10.4 Å². The number of carbonyl (C=O) groups is 2. The van der Waals surface area contributed by atoms with Crippen molar-refractivity contribution in [3.05, 3.63) is 57.1 Å². The van der Waals surface area contributed by atoms with Crippen LogP contribution in [0.1, 0.15) is 16.7 Å². The molecule has 0 aliphatic carbocycles. The molecule has 0 radical (unpaired) electrons. The SMILES string of the molecule is O=C(NCc1cccs1)C(=O)NCC(O)c1ccc(-c2ccsc2)o1. The van der Waals surface area contributed by atoms with Crippen LogP contribution in [0.3, 0.4) is 0 Å². The van der Waals surface area contributed by atoms with Gasteiger partial charge in [-0.2, -0.15) is 11.3 Å². The lowest BCUT2D eigenvalue weighted by Gasteiger charge is -2.09. The largest absolute Gasteiger partial charge is 0.458 e. The van der Waals surface area contributed by atoms with Gasteiger partial charge in [0.1, 0.15) is 17.6 Å². The summed E-state index contributed by atoms with van der Waals surface area (Å²) in [7, 11) is 0. The number of rotatable bonds is 6. The second-order valence-electron chi connectivity index (χ2n) is 5.20. The van der Waals surface area contributed by atoms with Crippen molar-refractivity contribution in [2.45, 2.75) is 12.6 Å². The lowest BCUT2D eigenvalue weighted by molar-refractivity contribution is -0.139. The van der Waals surface area contributed by atoms with E-state index < -0.39 is 17.9 Å². The third-order valence-corrected chi connectivity index (χ3v) is 4.99. The van der Waals surface area contributed by atoms with Crippen LogP contribution in [-0.4, -0.2) is 23.5 Å². The van der Waals surface area contributed by atoms with E-state index in [4.69, 9.17) is 4.42 Å². The zero-order valence-corrected chi connectivity index (χ0v) is 14.7. The first-order chi connectivity index (χ1) is 12.1. The first kappa shape index (κ1) is 17.4. The maximum atomic E-state index is 11.8. The van der Waals surface area contributed by atoms with Gasteiger partial charge in [-0.3, -0.25) is 9.59 Å². The molecule has 3 rings (SSSR count). The van der Waals surface area contributed by atoms with Crippen LogP contribution >= 0.6 is 22.7 Å². The van der Waals surface area contributed by atoms with E-state index in [1.807, 2.05) is 34.3 Å². The summed E-state index contributed by atoms with van der Waals surface area (Å²) >= 11 is 3.04. The Hall–Kier alpha value is -2.42. The molecule has 130 valence electrons. The van der Waals surface area contributed by atoms with Gasteiger partial charge in [0.05, 0.1) is 13.1 Å². The maximum absolute atomic E-state index is 11.8. The molecule has 8 heteroatoms. The molecule has 6 nitrogen and oxygen atoms in total. The van der Waals surface area contributed by atoms with Crippen LogP contribution in [0.5, 0.6) is 0 Å². The zero-order valence-electron chi connectivity index (χ0n) is 13.1. The molecule has 0 saturated heterocycles. The minimum absolute atomic E-state index is 0.109. The maximum Gasteiger partial charge on any atom is 0.309 e. The molecular formula is C17H16N2O4S2. The number of nitrogens with one attached hydrogen (secondary N) is 2. The van der Waals surface area contributed by atoms with Crippen molar-refractivity contribution in [1.82, 2.24) is 10.6 Å². The lowest BCUT2D eigenvalue weighted by Crippen LogP contribution is -2.41. The number of aliphatic hydroxyl groups excluding tert-OH is 1. The highest BCUT2D eigenvalue weighted by Gasteiger charge is 2.18. The molecule has 1 unspecified atom stereocenters. The molecule has 0 aromatic carbocycles. The van der Waals surface area contributed by atoms with E-state index in [0.29, 0.717) is 18.1 Å². The number of carbonyl (C=O) groups excluding carboxylic acids is 2. The molecular weight excluding hydrogens is 360 g/mol. The van der Waals surface area contributed by atoms with Gasteiger partial charge in [0.15, 0.2) is 0 Å². The predicted octanol–water partition coefficient (Wildman–Crippen LogP) is 2.54. The molecule has 0 saturated carbocycles. The van der Waals surface area contributed by atoms with Gasteiger partial charge in [0.25, 0.3) is 0 Å². The zero-order chi connectivity index (χ0) is 17.6. The Bertz CT molecular complexity index is 825. The van der Waals surface area contributed by atoms with Crippen LogP contribution in [0.4, 0.5) is 0 Å². The third kappa shape index (κ3) is 4.56. The summed E-state index contributed by atoms with van der Waals surface area (Å²) in [4.78, 5) is 24.5. The molecule has 3 heterocycles. The molecule has 3 aromatic heterocycles. The van der Waals surface area contributed by atoms with Crippen LogP contribution in [-0.2, 0) is 16.1 Å². The highest BCUT2D eigenvalue weighted by atomic mass is 32.1. The molecule has 0 bridgehead atoms. The van der Waals surface area contributed by atoms with Crippen molar-refractivity contribution >= 4 is 34.5 Å². The molecule has 25 heavy (non-hydrogen) atoms. The fourth-order valence-corrected chi connectivity index (χ4v) is 3.41. The average molecular weight is 376 g/mol. The highest BCUT2D eigenvalue weighted by molar-refractivity contribution is 7.09. The number of thiophene rings is 2. The van der Waals surface area contributed by atoms with E-state index in [1.54, 1.807) is 23.5 Å². The van der Waals surface area contributed by atoms with Gasteiger partial charge >= 0.3 is 11.8 Å². The van der Waals surface area contributed by atoms with Crippen molar-refractivity contribution in [3.8, 4) is 11.3 Å². The van der Waals surface area contributed by atoms with E-state index in [1.165, 1.54) is 11.3 Å². The summed E-state index contributed by atoms with van der Waals surface area (Å²) in [6.45, 7) is 0.191. The molecule has 0 aliphatic heterocycles. The first-order valence-electron chi connectivity index (χ1n) is 7.52. The van der Waals surface area contributed by atoms with E-state index in [2.05, 4.69) is 10.6 Å². The first-order valence-corrected chi connectivity index (χ1v) is 9.34. The van der Waals surface area contributed by atoms with Crippen molar-refractivity contribution in [2.24, 2.45) is 0 Å². The topological polar surface area (TPSA) is 91.6 Å². The molecule has 3 aromatic rings. The summed E-state index contributed by atoms with van der Waals surface area (Å²) in [6.07, 6.45) is -1.03. The summed E-state index contributed by atoms with van der Waals surface area (Å²) in [6, 6.07) is 9.07. The number of hydrogen-bond acceptors (Lipinski definition) is 6. The smallest absolute Gasteiger partial charge is 0.309 e. The molecule has 0 aliphatic rings. The minimum atomic E-state index is -1.03.